The Balaban J connectivity index is 1.71. The average molecular weight is 290 g/mol. The molecule has 116 valence electrons. The Labute approximate surface area is 127 Å². The Morgan fingerprint density at radius 1 is 1.24 bits per heavy atom. The standard InChI is InChI=1S/C17H26N2O2/c1-19(15-7-9-16(21-2)10-8-15)11-17(12-20,13-3-4-13)18-14-5-6-14/h7-10,13-14,18,20H,3-6,11-12H2,1-2H3. The Hall–Kier alpha value is -1.26. The maximum Gasteiger partial charge on any atom is 0.119 e. The van der Waals surface area contributed by atoms with Gasteiger partial charge in [0.1, 0.15) is 5.75 Å². The van der Waals surface area contributed by atoms with E-state index < -0.39 is 0 Å². The summed E-state index contributed by atoms with van der Waals surface area (Å²) in [5, 5.41) is 13.8. The zero-order valence-corrected chi connectivity index (χ0v) is 13.0. The van der Waals surface area contributed by atoms with Gasteiger partial charge in [0.15, 0.2) is 0 Å². The smallest absolute Gasteiger partial charge is 0.119 e. The highest BCUT2D eigenvalue weighted by molar-refractivity contribution is 5.49. The number of aliphatic hydroxyl groups excluding tert-OH is 1. The summed E-state index contributed by atoms with van der Waals surface area (Å²) in [7, 11) is 3.78. The summed E-state index contributed by atoms with van der Waals surface area (Å²) in [4.78, 5) is 2.24. The number of rotatable bonds is 8. The molecule has 0 heterocycles. The van der Waals surface area contributed by atoms with Gasteiger partial charge in [-0.3, -0.25) is 0 Å². The predicted molar refractivity (Wildman–Crippen MR) is 85.0 cm³/mol. The van der Waals surface area contributed by atoms with Crippen LogP contribution >= 0.6 is 0 Å². The minimum Gasteiger partial charge on any atom is -0.497 e. The van der Waals surface area contributed by atoms with Crippen molar-refractivity contribution in [3.63, 3.8) is 0 Å². The molecule has 2 aliphatic carbocycles. The van der Waals surface area contributed by atoms with Crippen molar-refractivity contribution in [2.75, 3.05) is 32.2 Å². The van der Waals surface area contributed by atoms with Crippen LogP contribution in [0.15, 0.2) is 24.3 Å². The minimum absolute atomic E-state index is 0.143. The van der Waals surface area contributed by atoms with Crippen molar-refractivity contribution in [3.8, 4) is 5.75 Å². The summed E-state index contributed by atoms with van der Waals surface area (Å²) in [5.74, 6) is 1.49. The molecular formula is C17H26N2O2. The van der Waals surface area contributed by atoms with Crippen molar-refractivity contribution in [2.24, 2.45) is 5.92 Å². The molecule has 0 aromatic heterocycles. The molecule has 2 saturated carbocycles. The molecule has 0 bridgehead atoms. The fourth-order valence-corrected chi connectivity index (χ4v) is 3.14. The molecular weight excluding hydrogens is 264 g/mol. The van der Waals surface area contributed by atoms with Gasteiger partial charge < -0.3 is 20.1 Å². The molecule has 0 saturated heterocycles. The first-order valence-corrected chi connectivity index (χ1v) is 7.90. The van der Waals surface area contributed by atoms with E-state index in [-0.39, 0.29) is 12.1 Å². The molecule has 0 aliphatic heterocycles. The number of nitrogens with zero attached hydrogens (tertiary/aromatic N) is 1. The topological polar surface area (TPSA) is 44.7 Å². The number of benzene rings is 1. The molecule has 2 aliphatic rings. The highest BCUT2D eigenvalue weighted by Crippen LogP contribution is 2.42. The van der Waals surface area contributed by atoms with Crippen LogP contribution in [0.2, 0.25) is 0 Å². The zero-order chi connectivity index (χ0) is 14.9. The summed E-state index contributed by atoms with van der Waals surface area (Å²) in [5.41, 5.74) is 1.02. The molecule has 0 radical (unpaired) electrons. The maximum atomic E-state index is 10.0. The molecule has 1 aromatic rings. The summed E-state index contributed by atoms with van der Waals surface area (Å²) in [6, 6.07) is 8.73. The summed E-state index contributed by atoms with van der Waals surface area (Å²) < 4.78 is 5.21. The van der Waals surface area contributed by atoms with Crippen molar-refractivity contribution in [2.45, 2.75) is 37.3 Å². The lowest BCUT2D eigenvalue weighted by molar-refractivity contribution is 0.142. The SMILES string of the molecule is COc1ccc(N(C)CC(CO)(NC2CC2)C2CC2)cc1. The maximum absolute atomic E-state index is 10.0. The van der Waals surface area contributed by atoms with Gasteiger partial charge in [-0.25, -0.2) is 0 Å². The molecule has 0 amide bonds. The lowest BCUT2D eigenvalue weighted by atomic mass is 9.92. The molecule has 1 unspecified atom stereocenters. The van der Waals surface area contributed by atoms with Crippen LogP contribution in [-0.2, 0) is 0 Å². The quantitative estimate of drug-likeness (QED) is 0.769. The third-order valence-corrected chi connectivity index (χ3v) is 4.74. The first-order valence-electron chi connectivity index (χ1n) is 7.90. The van der Waals surface area contributed by atoms with Gasteiger partial charge in [0.25, 0.3) is 0 Å². The highest BCUT2D eigenvalue weighted by Gasteiger charge is 2.47. The molecule has 1 atom stereocenters. The van der Waals surface area contributed by atoms with E-state index in [0.29, 0.717) is 12.0 Å². The lowest BCUT2D eigenvalue weighted by Crippen LogP contribution is -2.58. The average Bonchev–Trinajstić information content (AvgIpc) is 3.39. The van der Waals surface area contributed by atoms with Gasteiger partial charge in [-0.05, 0) is 55.9 Å². The first kappa shape index (κ1) is 14.7. The normalized spacial score (nSPS) is 20.9. The number of aliphatic hydroxyl groups is 1. The third-order valence-electron chi connectivity index (χ3n) is 4.74. The largest absolute Gasteiger partial charge is 0.497 e. The van der Waals surface area contributed by atoms with Gasteiger partial charge in [0.2, 0.25) is 0 Å². The zero-order valence-electron chi connectivity index (χ0n) is 13.0. The van der Waals surface area contributed by atoms with Crippen LogP contribution in [0.4, 0.5) is 5.69 Å². The predicted octanol–water partition coefficient (Wildman–Crippen LogP) is 2.02. The Morgan fingerprint density at radius 3 is 2.38 bits per heavy atom. The van der Waals surface area contributed by atoms with Crippen LogP contribution in [0.3, 0.4) is 0 Å². The molecule has 4 nitrogen and oxygen atoms in total. The molecule has 3 rings (SSSR count). The van der Waals surface area contributed by atoms with Crippen LogP contribution in [0.25, 0.3) is 0 Å². The van der Waals surface area contributed by atoms with Crippen LogP contribution in [-0.4, -0.2) is 44.0 Å². The monoisotopic (exact) mass is 290 g/mol. The Bertz CT molecular complexity index is 468. The van der Waals surface area contributed by atoms with Crippen molar-refractivity contribution in [1.82, 2.24) is 5.32 Å². The van der Waals surface area contributed by atoms with Gasteiger partial charge in [-0.15, -0.1) is 0 Å². The van der Waals surface area contributed by atoms with Crippen molar-refractivity contribution >= 4 is 5.69 Å². The lowest BCUT2D eigenvalue weighted by Gasteiger charge is -2.38. The van der Waals surface area contributed by atoms with E-state index >= 15 is 0 Å². The molecule has 2 N–H and O–H groups in total. The van der Waals surface area contributed by atoms with Crippen molar-refractivity contribution in [3.05, 3.63) is 24.3 Å². The highest BCUT2D eigenvalue weighted by atomic mass is 16.5. The summed E-state index contributed by atoms with van der Waals surface area (Å²) in [6.07, 6.45) is 4.97. The van der Waals surface area contributed by atoms with Gasteiger partial charge in [0.05, 0.1) is 19.3 Å². The van der Waals surface area contributed by atoms with Crippen molar-refractivity contribution < 1.29 is 9.84 Å². The van der Waals surface area contributed by atoms with E-state index in [4.69, 9.17) is 4.74 Å². The molecule has 1 aromatic carbocycles. The Morgan fingerprint density at radius 2 is 1.90 bits per heavy atom. The second-order valence-electron chi connectivity index (χ2n) is 6.56. The number of hydrogen-bond donors (Lipinski definition) is 2. The van der Waals surface area contributed by atoms with Gasteiger partial charge in [-0.2, -0.15) is 0 Å². The molecule has 21 heavy (non-hydrogen) atoms. The first-order chi connectivity index (χ1) is 10.2. The fraction of sp³-hybridized carbons (Fsp3) is 0.647. The minimum atomic E-state index is -0.143. The number of nitrogens with one attached hydrogen (secondary N) is 1. The number of ether oxygens (including phenoxy) is 1. The van der Waals surface area contributed by atoms with Crippen LogP contribution in [0.5, 0.6) is 5.75 Å². The third kappa shape index (κ3) is 3.33. The van der Waals surface area contributed by atoms with Gasteiger partial charge >= 0.3 is 0 Å². The van der Waals surface area contributed by atoms with Gasteiger partial charge in [-0.1, -0.05) is 0 Å². The Kier molecular flexibility index (Phi) is 4.09. The van der Waals surface area contributed by atoms with E-state index in [0.717, 1.165) is 18.0 Å². The molecule has 0 spiro atoms. The number of likely N-dealkylation sites (N-methyl/N-ethyl adjacent to an activating group) is 1. The van der Waals surface area contributed by atoms with Crippen LogP contribution in [0.1, 0.15) is 25.7 Å². The van der Waals surface area contributed by atoms with Crippen molar-refractivity contribution in [1.29, 1.82) is 0 Å². The van der Waals surface area contributed by atoms with E-state index in [2.05, 4.69) is 29.4 Å². The van der Waals surface area contributed by atoms with E-state index in [1.807, 2.05) is 12.1 Å². The second-order valence-corrected chi connectivity index (χ2v) is 6.56. The summed E-state index contributed by atoms with van der Waals surface area (Å²) >= 11 is 0. The van der Waals surface area contributed by atoms with Crippen LogP contribution < -0.4 is 15.0 Å². The van der Waals surface area contributed by atoms with Crippen LogP contribution in [0, 0.1) is 5.92 Å². The second kappa shape index (κ2) is 5.85. The molecule has 2 fully saturated rings. The van der Waals surface area contributed by atoms with E-state index in [1.165, 1.54) is 25.7 Å². The number of anilines is 1. The number of hydrogen-bond acceptors (Lipinski definition) is 4. The molecule has 4 heteroatoms. The number of methoxy groups -OCH3 is 1. The fourth-order valence-electron chi connectivity index (χ4n) is 3.14. The van der Waals surface area contributed by atoms with E-state index in [9.17, 15) is 5.11 Å². The van der Waals surface area contributed by atoms with Gasteiger partial charge in [0, 0.05) is 25.3 Å². The van der Waals surface area contributed by atoms with E-state index in [1.54, 1.807) is 7.11 Å². The summed E-state index contributed by atoms with van der Waals surface area (Å²) in [6.45, 7) is 1.06.